The number of nitrogens with one attached hydrogen (secondary N) is 1. The number of carbonyl (C=O) groups is 1. The summed E-state index contributed by atoms with van der Waals surface area (Å²) < 4.78 is 24.8. The fourth-order valence-corrected chi connectivity index (χ4v) is 3.18. The van der Waals surface area contributed by atoms with Crippen molar-refractivity contribution in [1.29, 1.82) is 0 Å². The third-order valence-corrected chi connectivity index (χ3v) is 4.72. The van der Waals surface area contributed by atoms with Crippen LogP contribution in [0.2, 0.25) is 0 Å². The van der Waals surface area contributed by atoms with Crippen molar-refractivity contribution in [3.63, 3.8) is 0 Å². The van der Waals surface area contributed by atoms with Gasteiger partial charge in [0.25, 0.3) is 17.2 Å². The molecule has 0 bridgehead atoms. The van der Waals surface area contributed by atoms with E-state index in [1.54, 1.807) is 24.3 Å². The summed E-state index contributed by atoms with van der Waals surface area (Å²) in [6.45, 7) is 2.37. The van der Waals surface area contributed by atoms with Gasteiger partial charge in [0.15, 0.2) is 0 Å². The molecule has 27 heavy (non-hydrogen) atoms. The summed E-state index contributed by atoms with van der Waals surface area (Å²) in [5.74, 6) is -2.38. The average Bonchev–Trinajstić information content (AvgIpc) is 2.66. The number of alkyl halides is 2. The predicted octanol–water partition coefficient (Wildman–Crippen LogP) is 3.90. The molecule has 1 N–H and O–H groups in total. The van der Waals surface area contributed by atoms with Gasteiger partial charge in [0.1, 0.15) is 5.82 Å². The maximum atomic E-state index is 12.7. The minimum absolute atomic E-state index is 0.142. The molecule has 0 radical (unpaired) electrons. The molecule has 0 spiro atoms. The molecule has 0 unspecified atom stereocenters. The lowest BCUT2D eigenvalue weighted by atomic mass is 10.2. The summed E-state index contributed by atoms with van der Waals surface area (Å²) >= 11 is 0.430. The van der Waals surface area contributed by atoms with Crippen LogP contribution in [0.1, 0.15) is 23.1 Å². The van der Waals surface area contributed by atoms with Gasteiger partial charge in [0.05, 0.1) is 17.4 Å². The molecule has 1 amide bonds. The van der Waals surface area contributed by atoms with E-state index in [4.69, 9.17) is 0 Å². The third-order valence-electron chi connectivity index (χ3n) is 4.00. The quantitative estimate of drug-likeness (QED) is 0.650. The second-order valence-electron chi connectivity index (χ2n) is 5.75. The monoisotopic (exact) mass is 389 g/mol. The van der Waals surface area contributed by atoms with Crippen molar-refractivity contribution < 1.29 is 13.6 Å². The maximum Gasteiger partial charge on any atom is 0.288 e. The zero-order chi connectivity index (χ0) is 19.4. The van der Waals surface area contributed by atoms with Crippen LogP contribution < -0.4 is 5.56 Å². The van der Waals surface area contributed by atoms with E-state index in [-0.39, 0.29) is 18.0 Å². The van der Waals surface area contributed by atoms with Crippen molar-refractivity contribution in [1.82, 2.24) is 14.9 Å². The number of halogens is 2. The van der Waals surface area contributed by atoms with Gasteiger partial charge >= 0.3 is 0 Å². The SMILES string of the molecule is CCN(Cc1nc2ccccc2c(=O)[nH]1)C(=O)c1ccc(SC(F)F)cc1. The van der Waals surface area contributed by atoms with E-state index >= 15 is 0 Å². The number of para-hydroxylation sites is 1. The predicted molar refractivity (Wildman–Crippen MR) is 101 cm³/mol. The van der Waals surface area contributed by atoms with E-state index < -0.39 is 5.76 Å². The molecule has 0 fully saturated rings. The summed E-state index contributed by atoms with van der Waals surface area (Å²) in [5, 5.41) is 0.489. The van der Waals surface area contributed by atoms with Crippen LogP contribution in [-0.2, 0) is 6.54 Å². The van der Waals surface area contributed by atoms with E-state index in [1.165, 1.54) is 29.2 Å². The number of thioether (sulfide) groups is 1. The lowest BCUT2D eigenvalue weighted by molar-refractivity contribution is 0.0748. The van der Waals surface area contributed by atoms with Crippen LogP contribution in [0, 0.1) is 0 Å². The summed E-state index contributed by atoms with van der Waals surface area (Å²) in [6.07, 6.45) is 0. The van der Waals surface area contributed by atoms with E-state index in [0.717, 1.165) is 0 Å². The topological polar surface area (TPSA) is 66.1 Å². The summed E-state index contributed by atoms with van der Waals surface area (Å²) in [5.41, 5.74) is 0.694. The molecule has 140 valence electrons. The minimum atomic E-state index is -2.51. The van der Waals surface area contributed by atoms with Crippen molar-refractivity contribution in [3.8, 4) is 0 Å². The fraction of sp³-hybridized carbons (Fsp3) is 0.211. The van der Waals surface area contributed by atoms with Crippen LogP contribution in [0.5, 0.6) is 0 Å². The van der Waals surface area contributed by atoms with Crippen LogP contribution in [0.15, 0.2) is 58.2 Å². The molecule has 0 saturated heterocycles. The number of nitrogens with zero attached hydrogens (tertiary/aromatic N) is 2. The van der Waals surface area contributed by atoms with Gasteiger partial charge in [-0.3, -0.25) is 9.59 Å². The number of H-pyrrole nitrogens is 1. The highest BCUT2D eigenvalue weighted by molar-refractivity contribution is 7.99. The summed E-state index contributed by atoms with van der Waals surface area (Å²) in [7, 11) is 0. The number of amides is 1. The van der Waals surface area contributed by atoms with Gasteiger partial charge in [0, 0.05) is 17.0 Å². The van der Waals surface area contributed by atoms with Crippen LogP contribution in [0.25, 0.3) is 10.9 Å². The smallest absolute Gasteiger partial charge is 0.288 e. The van der Waals surface area contributed by atoms with Crippen LogP contribution in [-0.4, -0.2) is 33.1 Å². The lowest BCUT2D eigenvalue weighted by Crippen LogP contribution is -2.31. The molecule has 0 aliphatic carbocycles. The average molecular weight is 389 g/mol. The molecular weight excluding hydrogens is 372 g/mol. The Labute approximate surface area is 158 Å². The molecule has 3 aromatic rings. The highest BCUT2D eigenvalue weighted by Crippen LogP contribution is 2.25. The van der Waals surface area contributed by atoms with Gasteiger partial charge in [-0.15, -0.1) is 0 Å². The number of carbonyl (C=O) groups excluding carboxylic acids is 1. The Balaban J connectivity index is 1.80. The number of aromatic amines is 1. The molecule has 0 saturated carbocycles. The number of aromatic nitrogens is 2. The Morgan fingerprint density at radius 3 is 2.56 bits per heavy atom. The van der Waals surface area contributed by atoms with Gasteiger partial charge in [-0.2, -0.15) is 8.78 Å². The highest BCUT2D eigenvalue weighted by Gasteiger charge is 2.17. The van der Waals surface area contributed by atoms with Crippen molar-refractivity contribution in [2.45, 2.75) is 24.1 Å². The maximum absolute atomic E-state index is 12.7. The van der Waals surface area contributed by atoms with Crippen molar-refractivity contribution in [3.05, 3.63) is 70.3 Å². The second kappa shape index (κ2) is 8.30. The number of hydrogen-bond acceptors (Lipinski definition) is 4. The van der Waals surface area contributed by atoms with Gasteiger partial charge in [0.2, 0.25) is 0 Å². The van der Waals surface area contributed by atoms with E-state index in [9.17, 15) is 18.4 Å². The fourth-order valence-electron chi connectivity index (χ4n) is 2.68. The Bertz CT molecular complexity index is 1010. The first-order valence-electron chi connectivity index (χ1n) is 8.30. The lowest BCUT2D eigenvalue weighted by Gasteiger charge is -2.20. The molecule has 0 atom stereocenters. The first-order valence-corrected chi connectivity index (χ1v) is 9.18. The van der Waals surface area contributed by atoms with Crippen molar-refractivity contribution in [2.24, 2.45) is 0 Å². The number of rotatable bonds is 6. The molecule has 0 aliphatic heterocycles. The molecule has 8 heteroatoms. The zero-order valence-electron chi connectivity index (χ0n) is 14.5. The summed E-state index contributed by atoms with van der Waals surface area (Å²) in [4.78, 5) is 33.9. The first kappa shape index (κ1) is 19.0. The Hall–Kier alpha value is -2.74. The van der Waals surface area contributed by atoms with Gasteiger partial charge in [-0.25, -0.2) is 4.98 Å². The molecule has 1 heterocycles. The molecule has 5 nitrogen and oxygen atoms in total. The molecule has 0 aliphatic rings. The van der Waals surface area contributed by atoms with E-state index in [2.05, 4.69) is 9.97 Å². The number of fused-ring (bicyclic) bond motifs is 1. The third kappa shape index (κ3) is 4.51. The minimum Gasteiger partial charge on any atom is -0.331 e. The Morgan fingerprint density at radius 1 is 1.19 bits per heavy atom. The Kier molecular flexibility index (Phi) is 5.85. The van der Waals surface area contributed by atoms with Crippen LogP contribution in [0.4, 0.5) is 8.78 Å². The standard InChI is InChI=1S/C19H17F2N3O2S/c1-2-24(18(26)12-7-9-13(10-8-12)27-19(20)21)11-16-22-15-6-4-3-5-14(15)17(25)23-16/h3-10,19H,2,11H2,1H3,(H,22,23,25). The molecule has 3 rings (SSSR count). The summed E-state index contributed by atoms with van der Waals surface area (Å²) in [6, 6.07) is 13.0. The molecular formula is C19H17F2N3O2S. The largest absolute Gasteiger partial charge is 0.331 e. The number of benzene rings is 2. The molecule has 1 aromatic heterocycles. The first-order chi connectivity index (χ1) is 13.0. The van der Waals surface area contributed by atoms with Gasteiger partial charge in [-0.1, -0.05) is 23.9 Å². The van der Waals surface area contributed by atoms with Crippen LogP contribution >= 0.6 is 11.8 Å². The van der Waals surface area contributed by atoms with E-state index in [0.29, 0.717) is 45.5 Å². The van der Waals surface area contributed by atoms with Gasteiger partial charge in [-0.05, 0) is 43.3 Å². The van der Waals surface area contributed by atoms with Crippen molar-refractivity contribution >= 4 is 28.6 Å². The van der Waals surface area contributed by atoms with E-state index in [1.807, 2.05) is 6.92 Å². The normalized spacial score (nSPS) is 11.1. The van der Waals surface area contributed by atoms with Crippen LogP contribution in [0.3, 0.4) is 0 Å². The number of hydrogen-bond donors (Lipinski definition) is 1. The van der Waals surface area contributed by atoms with Crippen molar-refractivity contribution in [2.75, 3.05) is 6.54 Å². The highest BCUT2D eigenvalue weighted by atomic mass is 32.2. The van der Waals surface area contributed by atoms with Gasteiger partial charge < -0.3 is 9.88 Å². The zero-order valence-corrected chi connectivity index (χ0v) is 15.3. The molecule has 2 aromatic carbocycles. The Morgan fingerprint density at radius 2 is 1.89 bits per heavy atom. The second-order valence-corrected chi connectivity index (χ2v) is 6.82.